The number of carbonyl (C=O) groups excluding carboxylic acids is 1. The molecule has 0 bridgehead atoms. The van der Waals surface area contributed by atoms with Crippen LogP contribution in [-0.2, 0) is 0 Å². The minimum absolute atomic E-state index is 0.0463. The van der Waals surface area contributed by atoms with Gasteiger partial charge in [0.15, 0.2) is 0 Å². The van der Waals surface area contributed by atoms with Gasteiger partial charge < -0.3 is 14.7 Å². The summed E-state index contributed by atoms with van der Waals surface area (Å²) in [5, 5.41) is 0.976. The van der Waals surface area contributed by atoms with Gasteiger partial charge in [-0.05, 0) is 72.3 Å². The van der Waals surface area contributed by atoms with Gasteiger partial charge in [0.2, 0.25) is 0 Å². The lowest BCUT2D eigenvalue weighted by molar-refractivity contribution is 0.0745. The maximum Gasteiger partial charge on any atom is 0.255 e. The molecule has 1 amide bonds. The molecule has 0 unspecified atom stereocenters. The number of rotatable bonds is 9. The summed E-state index contributed by atoms with van der Waals surface area (Å²) in [6, 6.07) is 5.02. The third kappa shape index (κ3) is 7.53. The quantitative estimate of drug-likeness (QED) is 0.676. The zero-order valence-corrected chi connectivity index (χ0v) is 16.0. The van der Waals surface area contributed by atoms with E-state index in [2.05, 4.69) is 9.80 Å². The highest BCUT2D eigenvalue weighted by Gasteiger charge is 2.18. The van der Waals surface area contributed by atoms with Gasteiger partial charge in [0, 0.05) is 18.1 Å². The van der Waals surface area contributed by atoms with Crippen molar-refractivity contribution in [2.45, 2.75) is 12.8 Å². The molecule has 1 rings (SSSR count). The predicted molar refractivity (Wildman–Crippen MR) is 98.7 cm³/mol. The molecular weight excluding hydrogens is 333 g/mol. The Hall–Kier alpha value is -0.810. The average molecular weight is 360 g/mol. The molecule has 1 aromatic carbocycles. The lowest BCUT2D eigenvalue weighted by Gasteiger charge is -2.25. The van der Waals surface area contributed by atoms with Gasteiger partial charge in [-0.3, -0.25) is 4.79 Å². The predicted octanol–water partition coefficient (Wildman–Crippen LogP) is 3.34. The molecule has 4 nitrogen and oxygen atoms in total. The van der Waals surface area contributed by atoms with E-state index >= 15 is 0 Å². The maximum atomic E-state index is 12.8. The van der Waals surface area contributed by atoms with Crippen molar-refractivity contribution in [3.05, 3.63) is 33.8 Å². The van der Waals surface area contributed by atoms with E-state index in [1.165, 1.54) is 0 Å². The molecule has 0 saturated carbocycles. The van der Waals surface area contributed by atoms with Gasteiger partial charge >= 0.3 is 0 Å². The Kier molecular flexibility index (Phi) is 8.92. The molecule has 0 N–H and O–H groups in total. The largest absolute Gasteiger partial charge is 0.339 e. The number of halogens is 2. The van der Waals surface area contributed by atoms with Crippen molar-refractivity contribution < 1.29 is 4.79 Å². The molecule has 0 heterocycles. The molecule has 130 valence electrons. The van der Waals surface area contributed by atoms with Crippen LogP contribution in [0, 0.1) is 0 Å². The number of amides is 1. The number of nitrogens with zero attached hydrogens (tertiary/aromatic N) is 3. The standard InChI is InChI=1S/C17H27Cl2N3O/c1-20(2)9-5-11-22(12-6-10-21(3)4)17(23)15-13-14(18)7-8-16(15)19/h7-8,13H,5-6,9-12H2,1-4H3. The Labute approximate surface area is 149 Å². The van der Waals surface area contributed by atoms with Crippen LogP contribution in [0.1, 0.15) is 23.2 Å². The van der Waals surface area contributed by atoms with Crippen LogP contribution in [0.4, 0.5) is 0 Å². The number of carbonyl (C=O) groups is 1. The van der Waals surface area contributed by atoms with E-state index in [0.29, 0.717) is 28.7 Å². The molecule has 1 aromatic rings. The van der Waals surface area contributed by atoms with Gasteiger partial charge in [0.05, 0.1) is 10.6 Å². The monoisotopic (exact) mass is 359 g/mol. The summed E-state index contributed by atoms with van der Waals surface area (Å²) in [5.41, 5.74) is 0.480. The van der Waals surface area contributed by atoms with Crippen LogP contribution in [-0.4, -0.2) is 75.0 Å². The molecule has 0 atom stereocenters. The van der Waals surface area contributed by atoms with Gasteiger partial charge in [0.1, 0.15) is 0 Å². The minimum atomic E-state index is -0.0463. The zero-order chi connectivity index (χ0) is 17.4. The molecular formula is C17H27Cl2N3O. The van der Waals surface area contributed by atoms with Crippen molar-refractivity contribution >= 4 is 29.1 Å². The highest BCUT2D eigenvalue weighted by molar-refractivity contribution is 6.35. The van der Waals surface area contributed by atoms with Gasteiger partial charge in [-0.25, -0.2) is 0 Å². The van der Waals surface area contributed by atoms with Gasteiger partial charge in [0.25, 0.3) is 5.91 Å². The van der Waals surface area contributed by atoms with Crippen molar-refractivity contribution in [1.29, 1.82) is 0 Å². The summed E-state index contributed by atoms with van der Waals surface area (Å²) in [6.45, 7) is 3.32. The second-order valence-electron chi connectivity index (χ2n) is 6.23. The van der Waals surface area contributed by atoms with E-state index in [1.807, 2.05) is 33.1 Å². The smallest absolute Gasteiger partial charge is 0.255 e. The molecule has 0 spiro atoms. The van der Waals surface area contributed by atoms with Gasteiger partial charge in [-0.1, -0.05) is 23.2 Å². The Morgan fingerprint density at radius 2 is 1.43 bits per heavy atom. The molecule has 23 heavy (non-hydrogen) atoms. The van der Waals surface area contributed by atoms with Gasteiger partial charge in [-0.15, -0.1) is 0 Å². The van der Waals surface area contributed by atoms with Crippen molar-refractivity contribution in [1.82, 2.24) is 14.7 Å². The van der Waals surface area contributed by atoms with Crippen molar-refractivity contribution in [3.8, 4) is 0 Å². The van der Waals surface area contributed by atoms with Crippen LogP contribution >= 0.6 is 23.2 Å². The second-order valence-corrected chi connectivity index (χ2v) is 7.07. The molecule has 0 aliphatic rings. The summed E-state index contributed by atoms with van der Waals surface area (Å²) in [4.78, 5) is 18.9. The molecule has 0 radical (unpaired) electrons. The van der Waals surface area contributed by atoms with Crippen LogP contribution in [0.3, 0.4) is 0 Å². The zero-order valence-electron chi connectivity index (χ0n) is 14.5. The average Bonchev–Trinajstić information content (AvgIpc) is 2.47. The van der Waals surface area contributed by atoms with E-state index in [0.717, 1.165) is 25.9 Å². The first kappa shape index (κ1) is 20.2. The van der Waals surface area contributed by atoms with Crippen LogP contribution in [0.25, 0.3) is 0 Å². The van der Waals surface area contributed by atoms with Crippen LogP contribution in [0.5, 0.6) is 0 Å². The fraction of sp³-hybridized carbons (Fsp3) is 0.588. The summed E-state index contributed by atoms with van der Waals surface area (Å²) in [5.74, 6) is -0.0463. The lowest BCUT2D eigenvalue weighted by atomic mass is 10.1. The van der Waals surface area contributed by atoms with E-state index in [4.69, 9.17) is 23.2 Å². The lowest BCUT2D eigenvalue weighted by Crippen LogP contribution is -2.35. The minimum Gasteiger partial charge on any atom is -0.339 e. The molecule has 0 saturated heterocycles. The Morgan fingerprint density at radius 1 is 0.913 bits per heavy atom. The van der Waals surface area contributed by atoms with Crippen molar-refractivity contribution in [3.63, 3.8) is 0 Å². The van der Waals surface area contributed by atoms with Crippen LogP contribution < -0.4 is 0 Å². The first-order valence-corrected chi connectivity index (χ1v) is 8.60. The SMILES string of the molecule is CN(C)CCCN(CCCN(C)C)C(=O)c1cc(Cl)ccc1Cl. The molecule has 0 fully saturated rings. The fourth-order valence-corrected chi connectivity index (χ4v) is 2.67. The number of benzene rings is 1. The molecule has 0 aliphatic heterocycles. The highest BCUT2D eigenvalue weighted by atomic mass is 35.5. The van der Waals surface area contributed by atoms with E-state index in [9.17, 15) is 4.79 Å². The fourth-order valence-electron chi connectivity index (χ4n) is 2.30. The molecule has 0 aliphatic carbocycles. The topological polar surface area (TPSA) is 26.8 Å². The number of hydrogen-bond donors (Lipinski definition) is 0. The van der Waals surface area contributed by atoms with E-state index in [1.54, 1.807) is 18.2 Å². The maximum absolute atomic E-state index is 12.8. The van der Waals surface area contributed by atoms with Crippen LogP contribution in [0.15, 0.2) is 18.2 Å². The summed E-state index contributed by atoms with van der Waals surface area (Å²) in [6.07, 6.45) is 1.86. The third-order valence-corrected chi connectivity index (χ3v) is 4.08. The van der Waals surface area contributed by atoms with Crippen molar-refractivity contribution in [2.75, 3.05) is 54.4 Å². The first-order chi connectivity index (χ1) is 10.8. The summed E-state index contributed by atoms with van der Waals surface area (Å²) < 4.78 is 0. The second kappa shape index (κ2) is 10.1. The summed E-state index contributed by atoms with van der Waals surface area (Å²) >= 11 is 12.2. The molecule has 6 heteroatoms. The highest BCUT2D eigenvalue weighted by Crippen LogP contribution is 2.22. The van der Waals surface area contributed by atoms with Crippen molar-refractivity contribution in [2.24, 2.45) is 0 Å². The first-order valence-electron chi connectivity index (χ1n) is 7.85. The number of hydrogen-bond acceptors (Lipinski definition) is 3. The van der Waals surface area contributed by atoms with Gasteiger partial charge in [-0.2, -0.15) is 0 Å². The van der Waals surface area contributed by atoms with E-state index < -0.39 is 0 Å². The Bertz CT molecular complexity index is 493. The summed E-state index contributed by atoms with van der Waals surface area (Å²) in [7, 11) is 8.14. The third-order valence-electron chi connectivity index (χ3n) is 3.51. The Balaban J connectivity index is 2.79. The van der Waals surface area contributed by atoms with Crippen LogP contribution in [0.2, 0.25) is 10.0 Å². The Morgan fingerprint density at radius 3 is 1.91 bits per heavy atom. The molecule has 0 aromatic heterocycles. The normalized spacial score (nSPS) is 11.3. The van der Waals surface area contributed by atoms with E-state index in [-0.39, 0.29) is 5.91 Å².